The van der Waals surface area contributed by atoms with Crippen LogP contribution in [0.2, 0.25) is 0 Å². The lowest BCUT2D eigenvalue weighted by Crippen LogP contribution is -2.44. The van der Waals surface area contributed by atoms with E-state index in [9.17, 15) is 4.79 Å². The summed E-state index contributed by atoms with van der Waals surface area (Å²) in [5.41, 5.74) is 2.31. The lowest BCUT2D eigenvalue weighted by molar-refractivity contribution is 0.0904. The van der Waals surface area contributed by atoms with Gasteiger partial charge in [-0.25, -0.2) is 0 Å². The first-order valence-corrected chi connectivity index (χ1v) is 8.14. The molecular weight excluding hydrogens is 284 g/mol. The standard InChI is InChI=1S/C16H20N2O2S/c1-11-4-7-20-15(11)16(19)17-9-12(2)18-6-3-14-13(10-18)5-8-21-14/h4-5,7-8,12H,3,6,9-10H2,1-2H3,(H,17,19)/t12-/m0/s1. The van der Waals surface area contributed by atoms with Crippen molar-refractivity contribution in [2.24, 2.45) is 0 Å². The maximum atomic E-state index is 12.0. The van der Waals surface area contributed by atoms with Crippen LogP contribution >= 0.6 is 11.3 Å². The fourth-order valence-corrected chi connectivity index (χ4v) is 3.59. The van der Waals surface area contributed by atoms with Crippen molar-refractivity contribution in [2.75, 3.05) is 13.1 Å². The number of hydrogen-bond donors (Lipinski definition) is 1. The van der Waals surface area contributed by atoms with Crippen molar-refractivity contribution < 1.29 is 9.21 Å². The number of aryl methyl sites for hydroxylation is 1. The van der Waals surface area contributed by atoms with Gasteiger partial charge in [0.15, 0.2) is 5.76 Å². The largest absolute Gasteiger partial charge is 0.459 e. The van der Waals surface area contributed by atoms with E-state index in [0.717, 1.165) is 25.1 Å². The Hall–Kier alpha value is -1.59. The number of carbonyl (C=O) groups is 1. The van der Waals surface area contributed by atoms with Gasteiger partial charge in [0, 0.05) is 36.1 Å². The third-order valence-corrected chi connectivity index (χ3v) is 5.11. The van der Waals surface area contributed by atoms with Gasteiger partial charge >= 0.3 is 0 Å². The Morgan fingerprint density at radius 2 is 2.38 bits per heavy atom. The van der Waals surface area contributed by atoms with E-state index in [2.05, 4.69) is 28.6 Å². The molecule has 0 unspecified atom stereocenters. The molecule has 2 aromatic heterocycles. The minimum atomic E-state index is -0.127. The maximum Gasteiger partial charge on any atom is 0.287 e. The Morgan fingerprint density at radius 1 is 1.52 bits per heavy atom. The number of rotatable bonds is 4. The van der Waals surface area contributed by atoms with Crippen LogP contribution in [0.15, 0.2) is 28.2 Å². The zero-order chi connectivity index (χ0) is 14.8. The summed E-state index contributed by atoms with van der Waals surface area (Å²) in [5, 5.41) is 5.14. The molecule has 21 heavy (non-hydrogen) atoms. The predicted molar refractivity (Wildman–Crippen MR) is 83.7 cm³/mol. The minimum absolute atomic E-state index is 0.127. The highest BCUT2D eigenvalue weighted by Gasteiger charge is 2.22. The van der Waals surface area contributed by atoms with E-state index in [1.165, 1.54) is 10.4 Å². The quantitative estimate of drug-likeness (QED) is 0.945. The molecule has 0 aliphatic carbocycles. The molecule has 0 spiro atoms. The van der Waals surface area contributed by atoms with Crippen LogP contribution in [-0.2, 0) is 13.0 Å². The molecule has 1 atom stereocenters. The highest BCUT2D eigenvalue weighted by molar-refractivity contribution is 7.10. The van der Waals surface area contributed by atoms with Crippen LogP contribution in [-0.4, -0.2) is 29.9 Å². The van der Waals surface area contributed by atoms with E-state index in [1.807, 2.05) is 18.3 Å². The van der Waals surface area contributed by atoms with E-state index in [1.54, 1.807) is 12.3 Å². The Bertz CT molecular complexity index is 632. The number of nitrogens with one attached hydrogen (secondary N) is 1. The summed E-state index contributed by atoms with van der Waals surface area (Å²) in [5.74, 6) is 0.290. The zero-order valence-corrected chi connectivity index (χ0v) is 13.2. The first-order valence-electron chi connectivity index (χ1n) is 7.26. The second-order valence-electron chi connectivity index (χ2n) is 5.58. The predicted octanol–water partition coefficient (Wildman–Crippen LogP) is 2.83. The summed E-state index contributed by atoms with van der Waals surface area (Å²) in [7, 11) is 0. The van der Waals surface area contributed by atoms with Crippen molar-refractivity contribution in [1.82, 2.24) is 10.2 Å². The Labute approximate surface area is 128 Å². The number of carbonyl (C=O) groups excluding carboxylic acids is 1. The highest BCUT2D eigenvalue weighted by atomic mass is 32.1. The average Bonchev–Trinajstić information content (AvgIpc) is 3.11. The van der Waals surface area contributed by atoms with Gasteiger partial charge in [0.2, 0.25) is 0 Å². The van der Waals surface area contributed by atoms with Gasteiger partial charge < -0.3 is 9.73 Å². The monoisotopic (exact) mass is 304 g/mol. The number of amides is 1. The molecule has 0 aromatic carbocycles. The van der Waals surface area contributed by atoms with Gasteiger partial charge in [-0.15, -0.1) is 11.3 Å². The number of furan rings is 1. The molecule has 0 saturated heterocycles. The summed E-state index contributed by atoms with van der Waals surface area (Å²) >= 11 is 1.85. The lowest BCUT2D eigenvalue weighted by atomic mass is 10.1. The summed E-state index contributed by atoms with van der Waals surface area (Å²) in [6, 6.07) is 4.34. The second-order valence-corrected chi connectivity index (χ2v) is 6.58. The molecule has 0 saturated carbocycles. The molecule has 4 nitrogen and oxygen atoms in total. The second kappa shape index (κ2) is 6.03. The van der Waals surface area contributed by atoms with Crippen LogP contribution in [0.3, 0.4) is 0 Å². The molecule has 0 bridgehead atoms. The molecular formula is C16H20N2O2S. The van der Waals surface area contributed by atoms with Crippen LogP contribution in [0.1, 0.15) is 33.5 Å². The molecule has 2 aromatic rings. The summed E-state index contributed by atoms with van der Waals surface area (Å²) < 4.78 is 5.22. The van der Waals surface area contributed by atoms with E-state index in [4.69, 9.17) is 4.42 Å². The zero-order valence-electron chi connectivity index (χ0n) is 12.4. The molecule has 3 rings (SSSR count). The van der Waals surface area contributed by atoms with Crippen molar-refractivity contribution in [3.8, 4) is 0 Å². The number of fused-ring (bicyclic) bond motifs is 1. The van der Waals surface area contributed by atoms with Gasteiger partial charge in [-0.05, 0) is 43.3 Å². The Balaban J connectivity index is 1.54. The first kappa shape index (κ1) is 14.4. The van der Waals surface area contributed by atoms with Gasteiger partial charge in [-0.2, -0.15) is 0 Å². The van der Waals surface area contributed by atoms with Crippen molar-refractivity contribution in [3.05, 3.63) is 45.5 Å². The Kier molecular flexibility index (Phi) is 4.12. The van der Waals surface area contributed by atoms with Crippen molar-refractivity contribution in [3.63, 3.8) is 0 Å². The smallest absolute Gasteiger partial charge is 0.287 e. The molecule has 0 fully saturated rings. The van der Waals surface area contributed by atoms with Gasteiger partial charge in [-0.3, -0.25) is 9.69 Å². The summed E-state index contributed by atoms with van der Waals surface area (Å²) in [6.45, 7) is 6.72. The number of hydrogen-bond acceptors (Lipinski definition) is 4. The third kappa shape index (κ3) is 3.04. The summed E-state index contributed by atoms with van der Waals surface area (Å²) in [4.78, 5) is 16.0. The lowest BCUT2D eigenvalue weighted by Gasteiger charge is -2.32. The first-order chi connectivity index (χ1) is 10.1. The molecule has 1 amide bonds. The fraction of sp³-hybridized carbons (Fsp3) is 0.438. The SMILES string of the molecule is Cc1ccoc1C(=O)NC[C@H](C)N1CCc2sccc2C1. The van der Waals surface area contributed by atoms with E-state index in [0.29, 0.717) is 18.3 Å². The molecule has 1 aliphatic rings. The molecule has 112 valence electrons. The average molecular weight is 304 g/mol. The molecule has 1 aliphatic heterocycles. The van der Waals surface area contributed by atoms with Crippen molar-refractivity contribution >= 4 is 17.2 Å². The van der Waals surface area contributed by atoms with Crippen LogP contribution in [0.4, 0.5) is 0 Å². The highest BCUT2D eigenvalue weighted by Crippen LogP contribution is 2.25. The van der Waals surface area contributed by atoms with Gasteiger partial charge in [-0.1, -0.05) is 0 Å². The van der Waals surface area contributed by atoms with Gasteiger partial charge in [0.1, 0.15) is 0 Å². The number of nitrogens with zero attached hydrogens (tertiary/aromatic N) is 1. The molecule has 5 heteroatoms. The van der Waals surface area contributed by atoms with Crippen LogP contribution in [0.5, 0.6) is 0 Å². The van der Waals surface area contributed by atoms with Crippen molar-refractivity contribution in [1.29, 1.82) is 0 Å². The van der Waals surface area contributed by atoms with E-state index >= 15 is 0 Å². The summed E-state index contributed by atoms with van der Waals surface area (Å²) in [6.07, 6.45) is 2.67. The van der Waals surface area contributed by atoms with Crippen LogP contribution in [0.25, 0.3) is 0 Å². The number of thiophene rings is 1. The minimum Gasteiger partial charge on any atom is -0.459 e. The topological polar surface area (TPSA) is 45.5 Å². The van der Waals surface area contributed by atoms with Crippen LogP contribution in [0, 0.1) is 6.92 Å². The fourth-order valence-electron chi connectivity index (χ4n) is 2.70. The Morgan fingerprint density at radius 3 is 3.14 bits per heavy atom. The molecule has 3 heterocycles. The molecule has 1 N–H and O–H groups in total. The van der Waals surface area contributed by atoms with Crippen molar-refractivity contribution in [2.45, 2.75) is 32.9 Å². The normalized spacial score (nSPS) is 16.5. The van der Waals surface area contributed by atoms with E-state index < -0.39 is 0 Å². The van der Waals surface area contributed by atoms with Gasteiger partial charge in [0.05, 0.1) is 6.26 Å². The maximum absolute atomic E-state index is 12.0. The van der Waals surface area contributed by atoms with Crippen LogP contribution < -0.4 is 5.32 Å². The third-order valence-electron chi connectivity index (χ3n) is 4.09. The molecule has 0 radical (unpaired) electrons. The van der Waals surface area contributed by atoms with Gasteiger partial charge in [0.25, 0.3) is 5.91 Å². The van der Waals surface area contributed by atoms with E-state index in [-0.39, 0.29) is 5.91 Å².